The third kappa shape index (κ3) is 5.07. The van der Waals surface area contributed by atoms with Crippen LogP contribution in [0.25, 0.3) is 5.69 Å². The summed E-state index contributed by atoms with van der Waals surface area (Å²) in [6.45, 7) is 6.47. The fraction of sp³-hybridized carbons (Fsp3) is 0.643. The summed E-state index contributed by atoms with van der Waals surface area (Å²) in [6.07, 6.45) is 5.17. The highest BCUT2D eigenvalue weighted by Crippen LogP contribution is 2.45. The molecule has 2 aliphatic carbocycles. The number of aromatic nitrogens is 2. The summed E-state index contributed by atoms with van der Waals surface area (Å²) in [5.41, 5.74) is 1.81. The zero-order valence-corrected chi connectivity index (χ0v) is 20.8. The van der Waals surface area contributed by atoms with Crippen LogP contribution in [-0.2, 0) is 6.18 Å². The molecule has 0 amide bonds. The molecule has 3 aliphatic rings. The molecule has 1 aromatic heterocycles. The van der Waals surface area contributed by atoms with E-state index in [-0.39, 0.29) is 17.6 Å². The molecule has 1 aromatic carbocycles. The van der Waals surface area contributed by atoms with Gasteiger partial charge in [0.25, 0.3) is 0 Å². The van der Waals surface area contributed by atoms with Crippen LogP contribution in [0.1, 0.15) is 97.9 Å². The molecule has 3 fully saturated rings. The third-order valence-corrected chi connectivity index (χ3v) is 8.32. The molecule has 1 saturated heterocycles. The minimum atomic E-state index is -4.42. The van der Waals surface area contributed by atoms with Crippen LogP contribution in [0.5, 0.6) is 0 Å². The highest BCUT2D eigenvalue weighted by Gasteiger charge is 2.39. The Bertz CT molecular complexity index is 1070. The van der Waals surface area contributed by atoms with E-state index >= 15 is 0 Å². The third-order valence-electron chi connectivity index (χ3n) is 8.32. The lowest BCUT2D eigenvalue weighted by atomic mass is 9.78. The smallest absolute Gasteiger partial charge is 0.300 e. The fourth-order valence-corrected chi connectivity index (χ4v) is 6.40. The number of halogens is 3. The lowest BCUT2D eigenvalue weighted by molar-refractivity contribution is -0.137. The average molecular weight is 488 g/mol. The van der Waals surface area contributed by atoms with E-state index in [2.05, 4.69) is 16.9 Å². The van der Waals surface area contributed by atoms with E-state index < -0.39 is 11.7 Å². The maximum Gasteiger partial charge on any atom is 0.416 e. The highest BCUT2D eigenvalue weighted by atomic mass is 19.4. The van der Waals surface area contributed by atoms with Gasteiger partial charge in [-0.3, -0.25) is 4.79 Å². The predicted octanol–water partition coefficient (Wildman–Crippen LogP) is 6.94. The normalized spacial score (nSPS) is 26.5. The van der Waals surface area contributed by atoms with E-state index in [1.807, 2.05) is 6.92 Å². The molecule has 2 saturated carbocycles. The molecule has 190 valence electrons. The minimum absolute atomic E-state index is 0.0502. The van der Waals surface area contributed by atoms with E-state index in [1.54, 1.807) is 10.7 Å². The van der Waals surface area contributed by atoms with Crippen molar-refractivity contribution in [2.75, 3.05) is 13.1 Å². The van der Waals surface area contributed by atoms with Crippen LogP contribution in [0.4, 0.5) is 13.2 Å². The number of Topliss-reactive ketones (excluding diaryl/α,β-unsaturated/α-hetero) is 1. The summed E-state index contributed by atoms with van der Waals surface area (Å²) in [5, 5.41) is 4.64. The number of benzene rings is 1. The first kappa shape index (κ1) is 24.5. The molecule has 2 heterocycles. The Balaban J connectivity index is 1.46. The molecule has 4 nitrogen and oxygen atoms in total. The lowest BCUT2D eigenvalue weighted by Crippen LogP contribution is -2.40. The van der Waals surface area contributed by atoms with E-state index in [4.69, 9.17) is 0 Å². The molecule has 1 unspecified atom stereocenters. The molecule has 0 N–H and O–H groups in total. The molecule has 0 spiro atoms. The highest BCUT2D eigenvalue weighted by molar-refractivity contribution is 6.00. The number of nitrogens with zero attached hydrogens (tertiary/aromatic N) is 3. The predicted molar refractivity (Wildman–Crippen MR) is 130 cm³/mol. The van der Waals surface area contributed by atoms with Crippen LogP contribution in [0, 0.1) is 18.8 Å². The Kier molecular flexibility index (Phi) is 6.81. The largest absolute Gasteiger partial charge is 0.416 e. The van der Waals surface area contributed by atoms with Gasteiger partial charge in [0.1, 0.15) is 0 Å². The van der Waals surface area contributed by atoms with E-state index in [0.29, 0.717) is 28.9 Å². The fourth-order valence-electron chi connectivity index (χ4n) is 6.40. The zero-order valence-electron chi connectivity index (χ0n) is 20.8. The number of rotatable bonds is 5. The Morgan fingerprint density at radius 2 is 1.74 bits per heavy atom. The van der Waals surface area contributed by atoms with Gasteiger partial charge in [0.15, 0.2) is 5.78 Å². The molecular formula is C28H36F3N3O. The van der Waals surface area contributed by atoms with Crippen LogP contribution >= 0.6 is 0 Å². The summed E-state index contributed by atoms with van der Waals surface area (Å²) >= 11 is 0. The Labute approximate surface area is 205 Å². The van der Waals surface area contributed by atoms with Crippen molar-refractivity contribution < 1.29 is 18.0 Å². The van der Waals surface area contributed by atoms with Gasteiger partial charge in [-0.2, -0.15) is 18.3 Å². The monoisotopic (exact) mass is 487 g/mol. The maximum absolute atomic E-state index is 14.0. The summed E-state index contributed by atoms with van der Waals surface area (Å²) in [5.74, 6) is 0.737. The molecule has 0 bridgehead atoms. The van der Waals surface area contributed by atoms with Gasteiger partial charge in [-0.25, -0.2) is 4.68 Å². The number of hydrogen-bond donors (Lipinski definition) is 0. The summed E-state index contributed by atoms with van der Waals surface area (Å²) in [6, 6.07) is 5.84. The number of aryl methyl sites for hydroxylation is 1. The van der Waals surface area contributed by atoms with Crippen LogP contribution in [0.2, 0.25) is 0 Å². The molecule has 2 aromatic rings. The summed E-state index contributed by atoms with van der Waals surface area (Å²) in [7, 11) is 0. The molecule has 3 atom stereocenters. The van der Waals surface area contributed by atoms with E-state index in [9.17, 15) is 18.0 Å². The lowest BCUT2D eigenvalue weighted by Gasteiger charge is -2.36. The Hall–Kier alpha value is -2.15. The molecular weight excluding hydrogens is 451 g/mol. The van der Waals surface area contributed by atoms with Crippen molar-refractivity contribution in [3.05, 3.63) is 46.8 Å². The molecule has 5 rings (SSSR count). The van der Waals surface area contributed by atoms with Crippen molar-refractivity contribution in [2.45, 2.75) is 89.8 Å². The summed E-state index contributed by atoms with van der Waals surface area (Å²) < 4.78 is 41.7. The van der Waals surface area contributed by atoms with Crippen molar-refractivity contribution in [3.8, 4) is 5.69 Å². The van der Waals surface area contributed by atoms with Gasteiger partial charge in [-0.05, 0) is 89.1 Å². The first-order chi connectivity index (χ1) is 16.7. The van der Waals surface area contributed by atoms with Crippen LogP contribution in [0.15, 0.2) is 24.3 Å². The SMILES string of the molecule is Cc1nn(-c2cccc(C(F)(F)F)c2)c(C2CC2)c1C(=O)C1CCCC[C@H](N2CCCC2)[C@@H](C)C1. The molecule has 7 heteroatoms. The first-order valence-corrected chi connectivity index (χ1v) is 13.3. The van der Waals surface area contributed by atoms with Crippen LogP contribution < -0.4 is 0 Å². The van der Waals surface area contributed by atoms with Crippen molar-refractivity contribution in [2.24, 2.45) is 11.8 Å². The van der Waals surface area contributed by atoms with Gasteiger partial charge in [0.2, 0.25) is 0 Å². The first-order valence-electron chi connectivity index (χ1n) is 13.3. The number of carbonyl (C=O) groups excluding carboxylic acids is 1. The van der Waals surface area contributed by atoms with E-state index in [1.165, 1.54) is 38.4 Å². The van der Waals surface area contributed by atoms with Gasteiger partial charge >= 0.3 is 6.18 Å². The van der Waals surface area contributed by atoms with E-state index in [0.717, 1.165) is 56.4 Å². The number of alkyl halides is 3. The average Bonchev–Trinajstić information content (AvgIpc) is 3.38. The summed E-state index contributed by atoms with van der Waals surface area (Å²) in [4.78, 5) is 16.7. The van der Waals surface area contributed by atoms with Crippen LogP contribution in [0.3, 0.4) is 0 Å². The quantitative estimate of drug-likeness (QED) is 0.429. The number of hydrogen-bond acceptors (Lipinski definition) is 3. The molecule has 0 radical (unpaired) electrons. The van der Waals surface area contributed by atoms with Crippen LogP contribution in [-0.4, -0.2) is 39.6 Å². The minimum Gasteiger partial charge on any atom is -0.300 e. The Morgan fingerprint density at radius 1 is 1.03 bits per heavy atom. The van der Waals surface area contributed by atoms with Gasteiger partial charge in [0, 0.05) is 17.9 Å². The molecule has 1 aliphatic heterocycles. The van der Waals surface area contributed by atoms with Crippen molar-refractivity contribution in [1.82, 2.24) is 14.7 Å². The second-order valence-electron chi connectivity index (χ2n) is 10.9. The van der Waals surface area contributed by atoms with Crippen molar-refractivity contribution >= 4 is 5.78 Å². The Morgan fingerprint density at radius 3 is 2.43 bits per heavy atom. The molecule has 35 heavy (non-hydrogen) atoms. The van der Waals surface area contributed by atoms with Crippen molar-refractivity contribution in [1.29, 1.82) is 0 Å². The van der Waals surface area contributed by atoms with Gasteiger partial charge in [-0.1, -0.05) is 25.8 Å². The van der Waals surface area contributed by atoms with Gasteiger partial charge in [0.05, 0.1) is 28.2 Å². The van der Waals surface area contributed by atoms with Gasteiger partial charge < -0.3 is 4.90 Å². The van der Waals surface area contributed by atoms with Crippen molar-refractivity contribution in [3.63, 3.8) is 0 Å². The van der Waals surface area contributed by atoms with Gasteiger partial charge in [-0.15, -0.1) is 0 Å². The second-order valence-corrected chi connectivity index (χ2v) is 10.9. The number of carbonyl (C=O) groups is 1. The second kappa shape index (κ2) is 9.72. The standard InChI is InChI=1S/C28H36F3N3O/c1-18-16-21(8-3-4-11-24(18)33-14-5-6-15-33)27(35)25-19(2)32-34(26(25)20-12-13-20)23-10-7-9-22(17-23)28(29,30)31/h7,9-10,17-18,20-21,24H,3-6,8,11-16H2,1-2H3/t18-,21?,24-/m0/s1. The number of likely N-dealkylation sites (tertiary alicyclic amines) is 1. The zero-order chi connectivity index (χ0) is 24.7. The maximum atomic E-state index is 14.0. The topological polar surface area (TPSA) is 38.1 Å². The number of ketones is 1.